The predicted octanol–water partition coefficient (Wildman–Crippen LogP) is 2.91. The molecule has 3 heterocycles. The minimum atomic E-state index is -0.329. The summed E-state index contributed by atoms with van der Waals surface area (Å²) in [6, 6.07) is 12.7. The molecule has 0 atom stereocenters. The minimum absolute atomic E-state index is 0.0362. The van der Waals surface area contributed by atoms with E-state index < -0.39 is 0 Å². The largest absolute Gasteiger partial charge is 0.357 e. The van der Waals surface area contributed by atoms with E-state index in [-0.39, 0.29) is 30.0 Å². The van der Waals surface area contributed by atoms with Crippen LogP contribution in [0.1, 0.15) is 17.7 Å². The van der Waals surface area contributed by atoms with Crippen molar-refractivity contribution in [3.63, 3.8) is 0 Å². The maximum absolute atomic E-state index is 12.9. The molecule has 0 fully saturated rings. The average molecular weight is 467 g/mol. The predicted molar refractivity (Wildman–Crippen MR) is 119 cm³/mol. The Labute approximate surface area is 179 Å². The molecule has 0 unspecified atom stereocenters. The molecule has 2 aromatic heterocycles. The Hall–Kier alpha value is -3.13. The number of carbonyl (C=O) groups is 1. The van der Waals surface area contributed by atoms with Crippen molar-refractivity contribution in [2.45, 2.75) is 25.9 Å². The van der Waals surface area contributed by atoms with Gasteiger partial charge in [0.25, 0.3) is 11.1 Å². The third-order valence-corrected chi connectivity index (χ3v) is 6.41. The quantitative estimate of drug-likeness (QED) is 0.486. The van der Waals surface area contributed by atoms with Gasteiger partial charge >= 0.3 is 0 Å². The van der Waals surface area contributed by atoms with Crippen LogP contribution in [-0.4, -0.2) is 32.1 Å². The summed E-state index contributed by atoms with van der Waals surface area (Å²) in [5, 5.41) is 4.43. The van der Waals surface area contributed by atoms with Gasteiger partial charge in [0.15, 0.2) is 0 Å². The van der Waals surface area contributed by atoms with Crippen LogP contribution in [0.2, 0.25) is 0 Å². The number of aryl methyl sites for hydroxylation is 1. The Morgan fingerprint density at radius 1 is 1.03 bits per heavy atom. The summed E-state index contributed by atoms with van der Waals surface area (Å²) in [5.74, 6) is -0.0362. The molecule has 152 valence electrons. The van der Waals surface area contributed by atoms with Gasteiger partial charge in [-0.15, -0.1) is 0 Å². The fourth-order valence-electron chi connectivity index (χ4n) is 4.18. The van der Waals surface area contributed by atoms with Gasteiger partial charge < -0.3 is 9.88 Å². The van der Waals surface area contributed by atoms with Crippen LogP contribution in [0.4, 0.5) is 0 Å². The molecule has 30 heavy (non-hydrogen) atoms. The van der Waals surface area contributed by atoms with Gasteiger partial charge in [-0.2, -0.15) is 0 Å². The smallest absolute Gasteiger partial charge is 0.273 e. The second-order valence-electron chi connectivity index (χ2n) is 7.50. The van der Waals surface area contributed by atoms with Crippen LogP contribution in [0.15, 0.2) is 56.5 Å². The molecule has 4 aromatic rings. The summed E-state index contributed by atoms with van der Waals surface area (Å²) in [7, 11) is 0. The summed E-state index contributed by atoms with van der Waals surface area (Å²) in [5.41, 5.74) is 2.74. The van der Waals surface area contributed by atoms with E-state index in [1.54, 1.807) is 24.3 Å². The second kappa shape index (κ2) is 7.28. The standard InChI is InChI=1S/C22H19BrN4O3/c23-17-7-3-6-13-16-12-26(10-8-18(16)24-20(13)17)19(28)9-11-27-22(30)15-5-2-1-4-14(15)21(29)25-27/h1-7,24H,8-12H2,(H,25,29). The molecule has 0 spiro atoms. The topological polar surface area (TPSA) is 91.0 Å². The van der Waals surface area contributed by atoms with E-state index in [0.717, 1.165) is 33.1 Å². The molecular formula is C22H19BrN4O3. The molecule has 2 N–H and O–H groups in total. The molecule has 0 saturated heterocycles. The van der Waals surface area contributed by atoms with E-state index in [9.17, 15) is 14.4 Å². The number of rotatable bonds is 3. The van der Waals surface area contributed by atoms with E-state index in [4.69, 9.17) is 0 Å². The molecule has 5 rings (SSSR count). The number of hydrogen-bond donors (Lipinski definition) is 2. The Morgan fingerprint density at radius 3 is 2.63 bits per heavy atom. The van der Waals surface area contributed by atoms with E-state index in [1.807, 2.05) is 17.0 Å². The van der Waals surface area contributed by atoms with Crippen molar-refractivity contribution in [2.24, 2.45) is 0 Å². The third-order valence-electron chi connectivity index (χ3n) is 5.75. The monoisotopic (exact) mass is 466 g/mol. The molecule has 0 aliphatic carbocycles. The van der Waals surface area contributed by atoms with Crippen LogP contribution in [0, 0.1) is 0 Å². The molecule has 7 nitrogen and oxygen atoms in total. The number of aromatic amines is 2. The van der Waals surface area contributed by atoms with Crippen LogP contribution in [0.25, 0.3) is 21.7 Å². The first kappa shape index (κ1) is 18.9. The van der Waals surface area contributed by atoms with Crippen molar-refractivity contribution in [2.75, 3.05) is 6.54 Å². The molecule has 0 radical (unpaired) electrons. The summed E-state index contributed by atoms with van der Waals surface area (Å²) in [4.78, 5) is 43.0. The average Bonchev–Trinajstić information content (AvgIpc) is 3.14. The number of aromatic nitrogens is 3. The van der Waals surface area contributed by atoms with E-state index in [1.165, 1.54) is 4.68 Å². The van der Waals surface area contributed by atoms with E-state index in [2.05, 4.69) is 32.1 Å². The molecule has 0 bridgehead atoms. The summed E-state index contributed by atoms with van der Waals surface area (Å²) < 4.78 is 2.24. The first-order chi connectivity index (χ1) is 14.5. The Balaban J connectivity index is 1.36. The number of nitrogens with zero attached hydrogens (tertiary/aromatic N) is 2. The number of benzene rings is 2. The van der Waals surface area contributed by atoms with Gasteiger partial charge in [-0.3, -0.25) is 19.5 Å². The first-order valence-electron chi connectivity index (χ1n) is 9.80. The molecule has 1 aliphatic rings. The fourth-order valence-corrected chi connectivity index (χ4v) is 4.65. The fraction of sp³-hybridized carbons (Fsp3) is 0.227. The third kappa shape index (κ3) is 3.08. The van der Waals surface area contributed by atoms with Crippen LogP contribution < -0.4 is 11.1 Å². The van der Waals surface area contributed by atoms with Crippen molar-refractivity contribution in [3.05, 3.63) is 78.9 Å². The van der Waals surface area contributed by atoms with Crippen molar-refractivity contribution in [1.29, 1.82) is 0 Å². The van der Waals surface area contributed by atoms with Gasteiger partial charge in [0, 0.05) is 47.0 Å². The second-order valence-corrected chi connectivity index (χ2v) is 8.36. The summed E-state index contributed by atoms with van der Waals surface area (Å²) >= 11 is 3.57. The minimum Gasteiger partial charge on any atom is -0.357 e. The van der Waals surface area contributed by atoms with Gasteiger partial charge in [-0.05, 0) is 34.1 Å². The van der Waals surface area contributed by atoms with Gasteiger partial charge in [0.1, 0.15) is 0 Å². The summed E-state index contributed by atoms with van der Waals surface area (Å²) in [6.45, 7) is 1.30. The number of hydrogen-bond acceptors (Lipinski definition) is 3. The van der Waals surface area contributed by atoms with Crippen LogP contribution in [-0.2, 0) is 24.3 Å². The zero-order chi connectivity index (χ0) is 20.8. The molecular weight excluding hydrogens is 448 g/mol. The van der Waals surface area contributed by atoms with Crippen molar-refractivity contribution < 1.29 is 4.79 Å². The van der Waals surface area contributed by atoms with Gasteiger partial charge in [0.2, 0.25) is 5.91 Å². The molecule has 0 saturated carbocycles. The van der Waals surface area contributed by atoms with Gasteiger partial charge in [0.05, 0.1) is 22.8 Å². The highest BCUT2D eigenvalue weighted by Crippen LogP contribution is 2.31. The number of carbonyl (C=O) groups excluding carboxylic acids is 1. The van der Waals surface area contributed by atoms with Crippen LogP contribution in [0.5, 0.6) is 0 Å². The summed E-state index contributed by atoms with van der Waals surface area (Å²) in [6.07, 6.45) is 0.907. The lowest BCUT2D eigenvalue weighted by Gasteiger charge is -2.27. The van der Waals surface area contributed by atoms with Crippen LogP contribution in [0.3, 0.4) is 0 Å². The first-order valence-corrected chi connectivity index (χ1v) is 10.6. The van der Waals surface area contributed by atoms with E-state index >= 15 is 0 Å². The van der Waals surface area contributed by atoms with Crippen molar-refractivity contribution in [3.8, 4) is 0 Å². The van der Waals surface area contributed by atoms with Gasteiger partial charge in [-0.25, -0.2) is 4.68 Å². The maximum atomic E-state index is 12.9. The Kier molecular flexibility index (Phi) is 4.58. The zero-order valence-corrected chi connectivity index (χ0v) is 17.7. The normalized spacial score (nSPS) is 13.7. The lowest BCUT2D eigenvalue weighted by atomic mass is 10.0. The number of halogens is 1. The highest BCUT2D eigenvalue weighted by atomic mass is 79.9. The van der Waals surface area contributed by atoms with Crippen LogP contribution >= 0.6 is 15.9 Å². The number of nitrogens with one attached hydrogen (secondary N) is 2. The van der Waals surface area contributed by atoms with Crippen molar-refractivity contribution in [1.82, 2.24) is 19.7 Å². The molecule has 2 aromatic carbocycles. The lowest BCUT2D eigenvalue weighted by molar-refractivity contribution is -0.132. The molecule has 1 amide bonds. The lowest BCUT2D eigenvalue weighted by Crippen LogP contribution is -2.37. The maximum Gasteiger partial charge on any atom is 0.273 e. The highest BCUT2D eigenvalue weighted by molar-refractivity contribution is 9.10. The van der Waals surface area contributed by atoms with E-state index in [0.29, 0.717) is 23.9 Å². The number of H-pyrrole nitrogens is 2. The number of amides is 1. The van der Waals surface area contributed by atoms with Gasteiger partial charge in [-0.1, -0.05) is 24.3 Å². The molecule has 8 heteroatoms. The molecule has 1 aliphatic heterocycles. The Bertz CT molecular complexity index is 1420. The zero-order valence-electron chi connectivity index (χ0n) is 16.1. The number of para-hydroxylation sites is 1. The number of fused-ring (bicyclic) bond motifs is 4. The SMILES string of the molecule is O=C(CCn1[nH]c(=O)c2ccccc2c1=O)N1CCc2[nH]c3c(Br)cccc3c2C1. The van der Waals surface area contributed by atoms with Crippen molar-refractivity contribution >= 4 is 43.5 Å². The highest BCUT2D eigenvalue weighted by Gasteiger charge is 2.24. The Morgan fingerprint density at radius 2 is 1.80 bits per heavy atom.